The molecule has 1 aromatic heterocycles. The van der Waals surface area contributed by atoms with Gasteiger partial charge in [0.2, 0.25) is 11.7 Å². The topological polar surface area (TPSA) is 101 Å². The lowest BCUT2D eigenvalue weighted by Crippen LogP contribution is -2.41. The van der Waals surface area contributed by atoms with E-state index in [1.165, 1.54) is 0 Å². The fourth-order valence-electron chi connectivity index (χ4n) is 4.08. The monoisotopic (exact) mass is 433 g/mol. The average molecular weight is 433 g/mol. The highest BCUT2D eigenvalue weighted by molar-refractivity contribution is 5.93. The Bertz CT molecular complexity index is 1120. The van der Waals surface area contributed by atoms with Crippen LogP contribution in [0.25, 0.3) is 11.4 Å². The number of aromatic nitrogens is 2. The molecule has 3 amide bonds. The summed E-state index contributed by atoms with van der Waals surface area (Å²) in [5.74, 6) is 0.948. The van der Waals surface area contributed by atoms with Crippen molar-refractivity contribution in [1.29, 1.82) is 0 Å². The van der Waals surface area contributed by atoms with Crippen molar-refractivity contribution in [2.24, 2.45) is 0 Å². The van der Waals surface area contributed by atoms with Crippen LogP contribution in [0.4, 0.5) is 21.0 Å². The van der Waals surface area contributed by atoms with E-state index in [1.807, 2.05) is 36.4 Å². The second kappa shape index (κ2) is 8.70. The zero-order valence-corrected chi connectivity index (χ0v) is 17.4. The smallest absolute Gasteiger partial charge is 0.414 e. The van der Waals surface area contributed by atoms with Gasteiger partial charge in [0, 0.05) is 23.5 Å². The molecule has 9 heteroatoms. The first-order valence-corrected chi connectivity index (χ1v) is 10.7. The van der Waals surface area contributed by atoms with Gasteiger partial charge in [-0.2, -0.15) is 4.98 Å². The lowest BCUT2D eigenvalue weighted by molar-refractivity contribution is 0.142. The largest absolute Gasteiger partial charge is 0.447 e. The molecule has 9 nitrogen and oxygen atoms in total. The summed E-state index contributed by atoms with van der Waals surface area (Å²) in [5.41, 5.74) is 2.16. The Balaban J connectivity index is 1.33. The first kappa shape index (κ1) is 20.0. The van der Waals surface area contributed by atoms with Gasteiger partial charge in [0.15, 0.2) is 0 Å². The van der Waals surface area contributed by atoms with E-state index >= 15 is 0 Å². The van der Waals surface area contributed by atoms with E-state index in [0.29, 0.717) is 42.8 Å². The van der Waals surface area contributed by atoms with Gasteiger partial charge in [-0.3, -0.25) is 4.90 Å². The molecule has 3 aromatic rings. The molecule has 2 aromatic carbocycles. The van der Waals surface area contributed by atoms with Crippen LogP contribution in [0.3, 0.4) is 0 Å². The van der Waals surface area contributed by atoms with E-state index in [0.717, 1.165) is 24.8 Å². The van der Waals surface area contributed by atoms with Gasteiger partial charge in [-0.15, -0.1) is 0 Å². The van der Waals surface area contributed by atoms with Crippen LogP contribution in [0.1, 0.15) is 31.2 Å². The molecule has 3 heterocycles. The van der Waals surface area contributed by atoms with E-state index in [-0.39, 0.29) is 18.2 Å². The standard InChI is InChI=1S/C23H23N5O4/c29-22(24-17-9-6-10-18(15-17)27-13-14-31-23(27)30)28-12-5-4-11-19(28)21-25-20(26-32-21)16-7-2-1-3-8-16/h1-3,6-10,15,19H,4-5,11-14H2,(H,24,29). The van der Waals surface area contributed by atoms with Crippen LogP contribution in [-0.2, 0) is 4.74 Å². The van der Waals surface area contributed by atoms with Crippen LogP contribution >= 0.6 is 0 Å². The number of piperidine rings is 1. The number of hydrogen-bond donors (Lipinski definition) is 1. The normalized spacial score (nSPS) is 18.5. The Labute approximate surface area is 185 Å². The third kappa shape index (κ3) is 4.01. The first-order chi connectivity index (χ1) is 15.7. The van der Waals surface area contributed by atoms with Crippen molar-refractivity contribution < 1.29 is 18.8 Å². The quantitative estimate of drug-likeness (QED) is 0.652. The molecule has 0 aliphatic carbocycles. The van der Waals surface area contributed by atoms with Crippen molar-refractivity contribution >= 4 is 23.5 Å². The number of ether oxygens (including phenoxy) is 1. The van der Waals surface area contributed by atoms with Crippen molar-refractivity contribution in [3.63, 3.8) is 0 Å². The number of hydrogen-bond acceptors (Lipinski definition) is 6. The highest BCUT2D eigenvalue weighted by Gasteiger charge is 2.32. The van der Waals surface area contributed by atoms with Crippen LogP contribution in [0.15, 0.2) is 59.1 Å². The summed E-state index contributed by atoms with van der Waals surface area (Å²) >= 11 is 0. The van der Waals surface area contributed by atoms with Crippen LogP contribution < -0.4 is 10.2 Å². The highest BCUT2D eigenvalue weighted by atomic mass is 16.6. The molecule has 2 saturated heterocycles. The molecule has 2 fully saturated rings. The molecule has 5 rings (SSSR count). The minimum Gasteiger partial charge on any atom is -0.447 e. The summed E-state index contributed by atoms with van der Waals surface area (Å²) in [4.78, 5) is 32.8. The number of nitrogens with zero attached hydrogens (tertiary/aromatic N) is 4. The Hall–Kier alpha value is -3.88. The molecule has 1 unspecified atom stereocenters. The number of rotatable bonds is 4. The number of anilines is 2. The number of nitrogens with one attached hydrogen (secondary N) is 1. The molecule has 0 saturated carbocycles. The number of benzene rings is 2. The van der Waals surface area contributed by atoms with Crippen LogP contribution in [0, 0.1) is 0 Å². The highest BCUT2D eigenvalue weighted by Crippen LogP contribution is 2.32. The van der Waals surface area contributed by atoms with E-state index in [4.69, 9.17) is 9.26 Å². The Morgan fingerprint density at radius 3 is 2.75 bits per heavy atom. The van der Waals surface area contributed by atoms with Gasteiger partial charge in [-0.25, -0.2) is 9.59 Å². The number of amides is 3. The Morgan fingerprint density at radius 1 is 1.06 bits per heavy atom. The molecule has 32 heavy (non-hydrogen) atoms. The van der Waals surface area contributed by atoms with Gasteiger partial charge in [0.05, 0.1) is 6.54 Å². The number of likely N-dealkylation sites (tertiary alicyclic amines) is 1. The van der Waals surface area contributed by atoms with Crippen LogP contribution in [0.5, 0.6) is 0 Å². The average Bonchev–Trinajstić information content (AvgIpc) is 3.49. The van der Waals surface area contributed by atoms with Crippen molar-refractivity contribution in [3.8, 4) is 11.4 Å². The molecule has 164 valence electrons. The Kier molecular flexibility index (Phi) is 5.45. The summed E-state index contributed by atoms with van der Waals surface area (Å²) < 4.78 is 10.5. The van der Waals surface area contributed by atoms with Gasteiger partial charge in [-0.1, -0.05) is 41.6 Å². The molecule has 0 spiro atoms. The predicted molar refractivity (Wildman–Crippen MR) is 117 cm³/mol. The van der Waals surface area contributed by atoms with Crippen LogP contribution in [0.2, 0.25) is 0 Å². The van der Waals surface area contributed by atoms with E-state index in [1.54, 1.807) is 28.0 Å². The van der Waals surface area contributed by atoms with Gasteiger partial charge < -0.3 is 19.5 Å². The zero-order valence-electron chi connectivity index (χ0n) is 17.4. The number of cyclic esters (lactones) is 1. The molecular formula is C23H23N5O4. The molecule has 1 N–H and O–H groups in total. The maximum Gasteiger partial charge on any atom is 0.414 e. The minimum atomic E-state index is -0.379. The van der Waals surface area contributed by atoms with Crippen LogP contribution in [-0.4, -0.2) is 46.9 Å². The van der Waals surface area contributed by atoms with Gasteiger partial charge >= 0.3 is 12.1 Å². The van der Waals surface area contributed by atoms with Gasteiger partial charge in [0.25, 0.3) is 0 Å². The van der Waals surface area contributed by atoms with Crippen molar-refractivity contribution in [3.05, 3.63) is 60.5 Å². The number of carbonyl (C=O) groups excluding carboxylic acids is 2. The second-order valence-corrected chi connectivity index (χ2v) is 7.77. The molecule has 2 aliphatic heterocycles. The summed E-state index contributed by atoms with van der Waals surface area (Å²) in [6.45, 7) is 1.45. The number of carbonyl (C=O) groups is 2. The van der Waals surface area contributed by atoms with Gasteiger partial charge in [0.1, 0.15) is 12.6 Å². The lowest BCUT2D eigenvalue weighted by Gasteiger charge is -2.33. The minimum absolute atomic E-state index is 0.240. The zero-order chi connectivity index (χ0) is 21.9. The lowest BCUT2D eigenvalue weighted by atomic mass is 10.0. The second-order valence-electron chi connectivity index (χ2n) is 7.77. The maximum atomic E-state index is 13.1. The summed E-state index contributed by atoms with van der Waals surface area (Å²) in [7, 11) is 0. The third-order valence-electron chi connectivity index (χ3n) is 5.69. The van der Waals surface area contributed by atoms with Crippen molar-refractivity contribution in [1.82, 2.24) is 15.0 Å². The third-order valence-corrected chi connectivity index (χ3v) is 5.69. The molecule has 1 atom stereocenters. The summed E-state index contributed by atoms with van der Waals surface area (Å²) in [6.07, 6.45) is 2.26. The number of urea groups is 1. The maximum absolute atomic E-state index is 13.1. The van der Waals surface area contributed by atoms with Crippen molar-refractivity contribution in [2.45, 2.75) is 25.3 Å². The fraction of sp³-hybridized carbons (Fsp3) is 0.304. The molecule has 0 radical (unpaired) electrons. The molecule has 2 aliphatic rings. The molecule has 0 bridgehead atoms. The van der Waals surface area contributed by atoms with E-state index in [9.17, 15) is 9.59 Å². The first-order valence-electron chi connectivity index (χ1n) is 10.7. The Morgan fingerprint density at radius 2 is 1.94 bits per heavy atom. The predicted octanol–water partition coefficient (Wildman–Crippen LogP) is 4.45. The van der Waals surface area contributed by atoms with E-state index in [2.05, 4.69) is 15.5 Å². The van der Waals surface area contributed by atoms with Crippen molar-refractivity contribution in [2.75, 3.05) is 29.9 Å². The van der Waals surface area contributed by atoms with E-state index < -0.39 is 0 Å². The SMILES string of the molecule is O=C1OCCN1c1cccc(NC(=O)N2CCCCC2c2nc(-c3ccccc3)no2)c1. The summed E-state index contributed by atoms with van der Waals surface area (Å²) in [6, 6.07) is 16.3. The van der Waals surface area contributed by atoms with Gasteiger partial charge in [-0.05, 0) is 37.5 Å². The molecular weight excluding hydrogens is 410 g/mol. The summed E-state index contributed by atoms with van der Waals surface area (Å²) in [5, 5.41) is 7.06. The fourth-order valence-corrected chi connectivity index (χ4v) is 4.08.